The Kier molecular flexibility index (Phi) is 5.05. The maximum atomic E-state index is 6.19. The molecule has 1 saturated carbocycles. The lowest BCUT2D eigenvalue weighted by Crippen LogP contribution is -2.44. The summed E-state index contributed by atoms with van der Waals surface area (Å²) < 4.78 is 11.5. The molecule has 128 valence electrons. The predicted molar refractivity (Wildman–Crippen MR) is 94.0 cm³/mol. The highest BCUT2D eigenvalue weighted by Crippen LogP contribution is 2.36. The third kappa shape index (κ3) is 3.39. The van der Waals surface area contributed by atoms with Gasteiger partial charge in [-0.3, -0.25) is 0 Å². The summed E-state index contributed by atoms with van der Waals surface area (Å²) in [4.78, 5) is 9.74. The Morgan fingerprint density at radius 1 is 1.17 bits per heavy atom. The fourth-order valence-electron chi connectivity index (χ4n) is 2.44. The third-order valence-corrected chi connectivity index (χ3v) is 5.65. The van der Waals surface area contributed by atoms with Crippen LogP contribution >= 0.6 is 39.7 Å². The highest BCUT2D eigenvalue weighted by molar-refractivity contribution is 9.10. The Labute approximate surface area is 156 Å². The number of halogens is 2. The fraction of sp³-hybridized carbons (Fsp3) is 0.429. The van der Waals surface area contributed by atoms with Crippen molar-refractivity contribution in [2.75, 3.05) is 0 Å². The van der Waals surface area contributed by atoms with Crippen molar-refractivity contribution in [3.8, 4) is 10.7 Å². The van der Waals surface area contributed by atoms with Gasteiger partial charge in [-0.2, -0.15) is 9.97 Å². The molecule has 10 heteroatoms. The Morgan fingerprint density at radius 2 is 1.88 bits per heavy atom. The van der Waals surface area contributed by atoms with E-state index in [-0.39, 0.29) is 12.4 Å². The van der Waals surface area contributed by atoms with Crippen molar-refractivity contribution in [2.24, 2.45) is 5.73 Å². The van der Waals surface area contributed by atoms with E-state index in [1.54, 1.807) is 11.3 Å². The summed E-state index contributed by atoms with van der Waals surface area (Å²) in [6, 6.07) is 1.96. The standard InChI is InChI=1S/C14H14BrN5O2S.ClH/c15-8-6-9(23-7-8)12-17-10(21-19-12)2-3-11-18-13(20-22-11)14(16)4-1-5-14;/h6-7H,1-5,16H2;1H. The molecule has 1 aliphatic rings. The molecule has 0 aliphatic heterocycles. The van der Waals surface area contributed by atoms with Gasteiger partial charge in [-0.05, 0) is 41.3 Å². The molecule has 0 spiro atoms. The molecule has 4 rings (SSSR count). The predicted octanol–water partition coefficient (Wildman–Crippen LogP) is 3.49. The third-order valence-electron chi connectivity index (χ3n) is 3.97. The SMILES string of the molecule is Cl.NC1(c2noc(CCc3nc(-c4cc(Br)cs4)no3)n2)CCC1. The molecule has 0 radical (unpaired) electrons. The van der Waals surface area contributed by atoms with E-state index in [4.69, 9.17) is 14.8 Å². The lowest BCUT2D eigenvalue weighted by Gasteiger charge is -2.34. The van der Waals surface area contributed by atoms with Crippen LogP contribution in [0.1, 0.15) is 36.9 Å². The van der Waals surface area contributed by atoms with Gasteiger partial charge in [-0.1, -0.05) is 10.3 Å². The van der Waals surface area contributed by atoms with Gasteiger partial charge >= 0.3 is 0 Å². The van der Waals surface area contributed by atoms with E-state index in [1.165, 1.54) is 0 Å². The van der Waals surface area contributed by atoms with E-state index in [9.17, 15) is 0 Å². The molecule has 1 aliphatic carbocycles. The first-order valence-electron chi connectivity index (χ1n) is 7.31. The Morgan fingerprint density at radius 3 is 2.50 bits per heavy atom. The minimum absolute atomic E-state index is 0. The lowest BCUT2D eigenvalue weighted by atomic mass is 9.77. The second kappa shape index (κ2) is 6.91. The molecular weight excluding hydrogens is 418 g/mol. The summed E-state index contributed by atoms with van der Waals surface area (Å²) in [7, 11) is 0. The molecule has 0 unspecified atom stereocenters. The molecule has 2 N–H and O–H groups in total. The Hall–Kier alpha value is -1.29. The first-order valence-corrected chi connectivity index (χ1v) is 8.99. The van der Waals surface area contributed by atoms with Gasteiger partial charge < -0.3 is 14.8 Å². The smallest absolute Gasteiger partial charge is 0.227 e. The monoisotopic (exact) mass is 431 g/mol. The van der Waals surface area contributed by atoms with E-state index in [2.05, 4.69) is 36.2 Å². The van der Waals surface area contributed by atoms with Crippen LogP contribution in [0, 0.1) is 0 Å². The highest BCUT2D eigenvalue weighted by atomic mass is 79.9. The van der Waals surface area contributed by atoms with Gasteiger partial charge in [0.1, 0.15) is 0 Å². The van der Waals surface area contributed by atoms with Crippen LogP contribution in [0.25, 0.3) is 10.7 Å². The molecule has 0 amide bonds. The largest absolute Gasteiger partial charge is 0.339 e. The van der Waals surface area contributed by atoms with E-state index < -0.39 is 5.54 Å². The van der Waals surface area contributed by atoms with Crippen molar-refractivity contribution >= 4 is 39.7 Å². The first kappa shape index (κ1) is 17.5. The molecule has 24 heavy (non-hydrogen) atoms. The molecule has 3 aromatic heterocycles. The number of rotatable bonds is 5. The first-order chi connectivity index (χ1) is 11.1. The number of nitrogens with zero attached hydrogens (tertiary/aromatic N) is 4. The number of aryl methyl sites for hydroxylation is 2. The van der Waals surface area contributed by atoms with Crippen molar-refractivity contribution in [3.05, 3.63) is 33.5 Å². The van der Waals surface area contributed by atoms with Gasteiger partial charge in [-0.25, -0.2) is 0 Å². The number of aromatic nitrogens is 4. The second-order valence-electron chi connectivity index (χ2n) is 5.66. The number of hydrogen-bond acceptors (Lipinski definition) is 8. The lowest BCUT2D eigenvalue weighted by molar-refractivity contribution is 0.229. The maximum Gasteiger partial charge on any atom is 0.227 e. The van der Waals surface area contributed by atoms with Crippen molar-refractivity contribution in [1.29, 1.82) is 0 Å². The van der Waals surface area contributed by atoms with Crippen molar-refractivity contribution < 1.29 is 9.05 Å². The molecule has 7 nitrogen and oxygen atoms in total. The number of hydrogen-bond donors (Lipinski definition) is 1. The van der Waals surface area contributed by atoms with Gasteiger partial charge in [0.2, 0.25) is 17.6 Å². The van der Waals surface area contributed by atoms with Gasteiger partial charge in [0.15, 0.2) is 5.82 Å². The van der Waals surface area contributed by atoms with Crippen LogP contribution in [-0.2, 0) is 18.4 Å². The van der Waals surface area contributed by atoms with Crippen molar-refractivity contribution in [3.63, 3.8) is 0 Å². The normalized spacial score (nSPS) is 15.8. The summed E-state index contributed by atoms with van der Waals surface area (Å²) in [5.74, 6) is 2.30. The summed E-state index contributed by atoms with van der Waals surface area (Å²) in [5, 5.41) is 9.97. The van der Waals surface area contributed by atoms with Gasteiger partial charge in [0.05, 0.1) is 10.4 Å². The Balaban J connectivity index is 0.00000169. The van der Waals surface area contributed by atoms with Crippen LogP contribution in [0.3, 0.4) is 0 Å². The van der Waals surface area contributed by atoms with E-state index in [0.29, 0.717) is 36.3 Å². The molecule has 3 heterocycles. The molecule has 0 bridgehead atoms. The van der Waals surface area contributed by atoms with Crippen LogP contribution in [0.4, 0.5) is 0 Å². The minimum atomic E-state index is -0.397. The highest BCUT2D eigenvalue weighted by Gasteiger charge is 2.38. The van der Waals surface area contributed by atoms with E-state index in [1.807, 2.05) is 11.4 Å². The van der Waals surface area contributed by atoms with Crippen LogP contribution in [0.2, 0.25) is 0 Å². The zero-order chi connectivity index (χ0) is 15.9. The van der Waals surface area contributed by atoms with Crippen LogP contribution in [-0.4, -0.2) is 20.3 Å². The maximum absolute atomic E-state index is 6.19. The molecular formula is C14H15BrClN5O2S. The zero-order valence-electron chi connectivity index (χ0n) is 12.6. The van der Waals surface area contributed by atoms with Crippen LogP contribution in [0.15, 0.2) is 25.0 Å². The molecule has 0 atom stereocenters. The number of nitrogens with two attached hydrogens (primary N) is 1. The quantitative estimate of drug-likeness (QED) is 0.658. The number of thiophene rings is 1. The Bertz CT molecular complexity index is 829. The summed E-state index contributed by atoms with van der Waals surface area (Å²) in [6.45, 7) is 0. The van der Waals surface area contributed by atoms with Gasteiger partial charge in [-0.15, -0.1) is 23.7 Å². The molecule has 0 aromatic carbocycles. The molecule has 3 aromatic rings. The second-order valence-corrected chi connectivity index (χ2v) is 7.49. The van der Waals surface area contributed by atoms with Gasteiger partial charge in [0, 0.05) is 22.7 Å². The van der Waals surface area contributed by atoms with Crippen molar-refractivity contribution in [2.45, 2.75) is 37.6 Å². The summed E-state index contributed by atoms with van der Waals surface area (Å²) >= 11 is 4.97. The minimum Gasteiger partial charge on any atom is -0.339 e. The van der Waals surface area contributed by atoms with Gasteiger partial charge in [0.25, 0.3) is 0 Å². The van der Waals surface area contributed by atoms with E-state index >= 15 is 0 Å². The zero-order valence-corrected chi connectivity index (χ0v) is 15.8. The van der Waals surface area contributed by atoms with Crippen LogP contribution < -0.4 is 5.73 Å². The van der Waals surface area contributed by atoms with Crippen molar-refractivity contribution in [1.82, 2.24) is 20.3 Å². The average Bonchev–Trinajstić information content (AvgIpc) is 3.22. The fourth-order valence-corrected chi connectivity index (χ4v) is 3.79. The summed E-state index contributed by atoms with van der Waals surface area (Å²) in [5.41, 5.74) is 5.79. The topological polar surface area (TPSA) is 104 Å². The molecule has 1 fully saturated rings. The van der Waals surface area contributed by atoms with E-state index in [0.717, 1.165) is 28.6 Å². The summed E-state index contributed by atoms with van der Waals surface area (Å²) in [6.07, 6.45) is 4.05. The molecule has 0 saturated heterocycles. The van der Waals surface area contributed by atoms with Crippen LogP contribution in [0.5, 0.6) is 0 Å². The average molecular weight is 433 g/mol.